The van der Waals surface area contributed by atoms with Gasteiger partial charge in [0.1, 0.15) is 4.88 Å². The summed E-state index contributed by atoms with van der Waals surface area (Å²) in [5.74, 6) is -0.959. The van der Waals surface area contributed by atoms with E-state index in [0.29, 0.717) is 5.13 Å². The Morgan fingerprint density at radius 3 is 3.00 bits per heavy atom. The number of anilines is 2. The fraction of sp³-hybridized carbons (Fsp3) is 0. The van der Waals surface area contributed by atoms with E-state index in [1.165, 1.54) is 6.20 Å². The number of benzene rings is 1. The first-order chi connectivity index (χ1) is 8.74. The molecule has 0 amide bonds. The van der Waals surface area contributed by atoms with Crippen LogP contribution >= 0.6 is 11.3 Å². The first-order valence-corrected chi connectivity index (χ1v) is 6.08. The third-order valence-corrected chi connectivity index (χ3v) is 3.45. The topological polar surface area (TPSA) is 78.0 Å². The van der Waals surface area contributed by atoms with E-state index in [0.717, 1.165) is 27.9 Å². The van der Waals surface area contributed by atoms with Crippen molar-refractivity contribution in [1.82, 2.24) is 9.97 Å². The van der Waals surface area contributed by atoms with Crippen LogP contribution in [0.15, 0.2) is 36.7 Å². The number of H-pyrrole nitrogens is 1. The molecular formula is C12H9N3O2S. The van der Waals surface area contributed by atoms with Gasteiger partial charge in [-0.3, -0.25) is 0 Å². The summed E-state index contributed by atoms with van der Waals surface area (Å²) in [6.45, 7) is 0. The molecule has 3 N–H and O–H groups in total. The second-order valence-electron chi connectivity index (χ2n) is 3.71. The number of hydrogen-bond donors (Lipinski definition) is 3. The van der Waals surface area contributed by atoms with Crippen molar-refractivity contribution in [3.05, 3.63) is 41.5 Å². The lowest BCUT2D eigenvalue weighted by Crippen LogP contribution is -1.89. The van der Waals surface area contributed by atoms with Crippen LogP contribution in [0.5, 0.6) is 0 Å². The zero-order valence-corrected chi connectivity index (χ0v) is 9.99. The molecule has 0 bridgehead atoms. The maximum atomic E-state index is 10.8. The van der Waals surface area contributed by atoms with Gasteiger partial charge in [-0.25, -0.2) is 9.78 Å². The number of carboxylic acid groups (broad SMARTS) is 1. The molecule has 3 rings (SSSR count). The van der Waals surface area contributed by atoms with Crippen molar-refractivity contribution in [2.24, 2.45) is 0 Å². The predicted octanol–water partition coefficient (Wildman–Crippen LogP) is 3.07. The number of carboxylic acids is 1. The van der Waals surface area contributed by atoms with Crippen LogP contribution in [0.2, 0.25) is 0 Å². The van der Waals surface area contributed by atoms with Crippen molar-refractivity contribution < 1.29 is 9.90 Å². The maximum Gasteiger partial charge on any atom is 0.347 e. The number of rotatable bonds is 3. The molecule has 18 heavy (non-hydrogen) atoms. The Labute approximate surface area is 106 Å². The molecule has 0 aliphatic rings. The van der Waals surface area contributed by atoms with Crippen LogP contribution in [0.25, 0.3) is 10.9 Å². The lowest BCUT2D eigenvalue weighted by molar-refractivity contribution is 0.0702. The Morgan fingerprint density at radius 1 is 1.39 bits per heavy atom. The summed E-state index contributed by atoms with van der Waals surface area (Å²) in [5.41, 5.74) is 1.91. The minimum absolute atomic E-state index is 0.220. The molecule has 6 heteroatoms. The highest BCUT2D eigenvalue weighted by molar-refractivity contribution is 7.17. The van der Waals surface area contributed by atoms with Crippen LogP contribution in [-0.2, 0) is 0 Å². The number of hydrogen-bond acceptors (Lipinski definition) is 4. The third kappa shape index (κ3) is 1.82. The van der Waals surface area contributed by atoms with E-state index >= 15 is 0 Å². The average Bonchev–Trinajstić information content (AvgIpc) is 2.98. The Balaban J connectivity index is 1.93. The van der Waals surface area contributed by atoms with E-state index < -0.39 is 5.97 Å². The molecule has 2 aromatic heterocycles. The SMILES string of the molecule is O=C(O)c1cnc(Nc2c[nH]c3ccccc23)s1. The molecule has 0 unspecified atom stereocenters. The van der Waals surface area contributed by atoms with Gasteiger partial charge in [0.05, 0.1) is 11.9 Å². The number of para-hydroxylation sites is 1. The maximum absolute atomic E-state index is 10.8. The van der Waals surface area contributed by atoms with Crippen LogP contribution < -0.4 is 5.32 Å². The summed E-state index contributed by atoms with van der Waals surface area (Å²) >= 11 is 1.11. The molecule has 1 aromatic carbocycles. The Kier molecular flexibility index (Phi) is 2.49. The lowest BCUT2D eigenvalue weighted by atomic mass is 10.2. The monoisotopic (exact) mass is 259 g/mol. The normalized spacial score (nSPS) is 10.7. The van der Waals surface area contributed by atoms with E-state index in [-0.39, 0.29) is 4.88 Å². The van der Waals surface area contributed by atoms with E-state index in [1.807, 2.05) is 30.5 Å². The number of nitrogens with zero attached hydrogens (tertiary/aromatic N) is 1. The predicted molar refractivity (Wildman–Crippen MR) is 70.7 cm³/mol. The van der Waals surface area contributed by atoms with Crippen molar-refractivity contribution in [3.8, 4) is 0 Å². The van der Waals surface area contributed by atoms with E-state index in [9.17, 15) is 4.79 Å². The van der Waals surface area contributed by atoms with Gasteiger partial charge in [-0.1, -0.05) is 29.5 Å². The zero-order valence-electron chi connectivity index (χ0n) is 9.18. The standard InChI is InChI=1S/C12H9N3O2S/c16-11(17)10-6-14-12(18-10)15-9-5-13-8-4-2-1-3-7(8)9/h1-6,13H,(H,14,15)(H,16,17). The highest BCUT2D eigenvalue weighted by atomic mass is 32.1. The fourth-order valence-electron chi connectivity index (χ4n) is 1.72. The number of aromatic carboxylic acids is 1. The summed E-state index contributed by atoms with van der Waals surface area (Å²) in [7, 11) is 0. The van der Waals surface area contributed by atoms with Crippen LogP contribution in [-0.4, -0.2) is 21.0 Å². The van der Waals surface area contributed by atoms with Crippen LogP contribution in [0.4, 0.5) is 10.8 Å². The Hall–Kier alpha value is -2.34. The Bertz CT molecular complexity index is 717. The molecule has 0 fully saturated rings. The zero-order chi connectivity index (χ0) is 12.5. The van der Waals surface area contributed by atoms with Gasteiger partial charge < -0.3 is 15.4 Å². The lowest BCUT2D eigenvalue weighted by Gasteiger charge is -1.99. The molecule has 0 aliphatic carbocycles. The molecule has 0 saturated heterocycles. The van der Waals surface area contributed by atoms with Gasteiger partial charge in [0.2, 0.25) is 0 Å². The molecule has 2 heterocycles. The van der Waals surface area contributed by atoms with Crippen LogP contribution in [0, 0.1) is 0 Å². The van der Waals surface area contributed by atoms with Crippen molar-refractivity contribution in [2.45, 2.75) is 0 Å². The molecule has 0 aliphatic heterocycles. The average molecular weight is 259 g/mol. The van der Waals surface area contributed by atoms with Gasteiger partial charge in [-0.15, -0.1) is 0 Å². The number of nitrogens with one attached hydrogen (secondary N) is 2. The van der Waals surface area contributed by atoms with Gasteiger partial charge in [0.15, 0.2) is 5.13 Å². The number of carbonyl (C=O) groups is 1. The largest absolute Gasteiger partial charge is 0.477 e. The summed E-state index contributed by atoms with van der Waals surface area (Å²) in [6.07, 6.45) is 3.19. The third-order valence-electron chi connectivity index (χ3n) is 2.55. The first-order valence-electron chi connectivity index (χ1n) is 5.26. The van der Waals surface area contributed by atoms with Gasteiger partial charge in [0.25, 0.3) is 0 Å². The molecule has 0 spiro atoms. The summed E-state index contributed by atoms with van der Waals surface area (Å²) in [5, 5.41) is 13.6. The summed E-state index contributed by atoms with van der Waals surface area (Å²) in [4.78, 5) is 18.2. The molecule has 90 valence electrons. The van der Waals surface area contributed by atoms with Crippen LogP contribution in [0.1, 0.15) is 9.67 Å². The smallest absolute Gasteiger partial charge is 0.347 e. The Morgan fingerprint density at radius 2 is 2.22 bits per heavy atom. The van der Waals surface area contributed by atoms with Gasteiger partial charge in [-0.05, 0) is 6.07 Å². The van der Waals surface area contributed by atoms with Crippen molar-refractivity contribution in [3.63, 3.8) is 0 Å². The molecule has 0 atom stereocenters. The number of thiazole rings is 1. The number of aromatic nitrogens is 2. The second-order valence-corrected chi connectivity index (χ2v) is 4.74. The summed E-state index contributed by atoms with van der Waals surface area (Å²) < 4.78 is 0. The first kappa shape index (κ1) is 10.8. The minimum atomic E-state index is -0.959. The highest BCUT2D eigenvalue weighted by Gasteiger charge is 2.10. The fourth-order valence-corrected chi connectivity index (χ4v) is 2.39. The molecule has 3 aromatic rings. The van der Waals surface area contributed by atoms with Crippen molar-refractivity contribution in [2.75, 3.05) is 5.32 Å². The van der Waals surface area contributed by atoms with E-state index in [4.69, 9.17) is 5.11 Å². The quantitative estimate of drug-likeness (QED) is 0.675. The van der Waals surface area contributed by atoms with E-state index in [1.54, 1.807) is 0 Å². The van der Waals surface area contributed by atoms with Crippen molar-refractivity contribution >= 4 is 39.0 Å². The minimum Gasteiger partial charge on any atom is -0.477 e. The summed E-state index contributed by atoms with van der Waals surface area (Å²) in [6, 6.07) is 7.87. The van der Waals surface area contributed by atoms with Gasteiger partial charge in [0, 0.05) is 17.1 Å². The molecule has 5 nitrogen and oxygen atoms in total. The van der Waals surface area contributed by atoms with Crippen LogP contribution in [0.3, 0.4) is 0 Å². The van der Waals surface area contributed by atoms with Gasteiger partial charge in [-0.2, -0.15) is 0 Å². The van der Waals surface area contributed by atoms with E-state index in [2.05, 4.69) is 15.3 Å². The number of fused-ring (bicyclic) bond motifs is 1. The molecular weight excluding hydrogens is 250 g/mol. The molecule has 0 saturated carbocycles. The highest BCUT2D eigenvalue weighted by Crippen LogP contribution is 2.28. The number of aromatic amines is 1. The van der Waals surface area contributed by atoms with Crippen molar-refractivity contribution in [1.29, 1.82) is 0 Å². The van der Waals surface area contributed by atoms with Gasteiger partial charge >= 0.3 is 5.97 Å². The second kappa shape index (κ2) is 4.15. The molecule has 0 radical (unpaired) electrons.